The van der Waals surface area contributed by atoms with Crippen LogP contribution in [-0.4, -0.2) is 43.9 Å². The molecule has 0 aromatic heterocycles. The molecule has 1 heterocycles. The molecule has 0 saturated carbocycles. The lowest BCUT2D eigenvalue weighted by molar-refractivity contribution is -0.147. The molecule has 0 N–H and O–H groups in total. The minimum Gasteiger partial charge on any atom is -0.497 e. The maximum Gasteiger partial charge on any atom is 0.345 e. The van der Waals surface area contributed by atoms with E-state index in [2.05, 4.69) is 0 Å². The third-order valence-corrected chi connectivity index (χ3v) is 6.25. The topological polar surface area (TPSA) is 99.2 Å². The Kier molecular flexibility index (Phi) is 8.11. The van der Waals surface area contributed by atoms with E-state index in [1.165, 1.54) is 54.5 Å². The monoisotopic (exact) mass is 541 g/mol. The van der Waals surface area contributed by atoms with E-state index in [9.17, 15) is 19.2 Å². The largest absolute Gasteiger partial charge is 0.497 e. The Morgan fingerprint density at radius 1 is 0.973 bits per heavy atom. The Morgan fingerprint density at radius 3 is 2.43 bits per heavy atom. The highest BCUT2D eigenvalue weighted by Crippen LogP contribution is 2.28. The third-order valence-electron chi connectivity index (χ3n) is 5.71. The molecular formula is C27H21Cl2NO7. The molecule has 1 fully saturated rings. The number of carbonyl (C=O) groups is 4. The summed E-state index contributed by atoms with van der Waals surface area (Å²) in [5.74, 6) is -1.86. The van der Waals surface area contributed by atoms with Crippen molar-refractivity contribution >= 4 is 52.5 Å². The molecule has 1 aliphatic heterocycles. The Morgan fingerprint density at radius 2 is 1.73 bits per heavy atom. The van der Waals surface area contributed by atoms with Crippen molar-refractivity contribution in [2.24, 2.45) is 5.92 Å². The number of Topliss-reactive ketones (excluding diaryl/α,β-unsaturated/α-hetero) is 1. The first-order chi connectivity index (χ1) is 17.7. The molecule has 10 heteroatoms. The fourth-order valence-corrected chi connectivity index (χ4v) is 4.24. The van der Waals surface area contributed by atoms with Crippen LogP contribution in [0.3, 0.4) is 0 Å². The second-order valence-corrected chi connectivity index (χ2v) is 9.02. The molecule has 1 saturated heterocycles. The summed E-state index contributed by atoms with van der Waals surface area (Å²) in [4.78, 5) is 51.3. The fraction of sp³-hybridized carbons (Fsp3) is 0.185. The van der Waals surface area contributed by atoms with Crippen LogP contribution in [0.2, 0.25) is 10.0 Å². The van der Waals surface area contributed by atoms with Gasteiger partial charge in [-0.25, -0.2) is 4.79 Å². The Labute approximate surface area is 222 Å². The zero-order valence-corrected chi connectivity index (χ0v) is 21.1. The van der Waals surface area contributed by atoms with Crippen molar-refractivity contribution in [1.82, 2.24) is 0 Å². The summed E-state index contributed by atoms with van der Waals surface area (Å²) < 4.78 is 15.7. The number of nitrogens with zero attached hydrogens (tertiary/aromatic N) is 1. The summed E-state index contributed by atoms with van der Waals surface area (Å²) in [5.41, 5.74) is 1.03. The van der Waals surface area contributed by atoms with Crippen molar-refractivity contribution < 1.29 is 33.4 Å². The summed E-state index contributed by atoms with van der Waals surface area (Å²) in [6.07, 6.45) is -0.0120. The predicted octanol–water partition coefficient (Wildman–Crippen LogP) is 5.00. The highest BCUT2D eigenvalue weighted by Gasteiger charge is 2.36. The molecule has 1 unspecified atom stereocenters. The molecule has 0 aliphatic carbocycles. The van der Waals surface area contributed by atoms with Gasteiger partial charge in [-0.3, -0.25) is 14.4 Å². The predicted molar refractivity (Wildman–Crippen MR) is 137 cm³/mol. The van der Waals surface area contributed by atoms with Crippen LogP contribution in [0.1, 0.15) is 27.1 Å². The molecule has 3 aromatic rings. The number of hydrogen-bond acceptors (Lipinski definition) is 7. The minimum atomic E-state index is -0.687. The average molecular weight is 542 g/mol. The number of anilines is 1. The number of hydrogen-bond donors (Lipinski definition) is 0. The van der Waals surface area contributed by atoms with Gasteiger partial charge in [-0.05, 0) is 54.6 Å². The molecule has 1 aliphatic rings. The molecular weight excluding hydrogens is 521 g/mol. The first-order valence-corrected chi connectivity index (χ1v) is 11.9. The van der Waals surface area contributed by atoms with E-state index >= 15 is 0 Å². The van der Waals surface area contributed by atoms with Crippen LogP contribution in [0.5, 0.6) is 11.5 Å². The van der Waals surface area contributed by atoms with Crippen LogP contribution in [0, 0.1) is 5.92 Å². The van der Waals surface area contributed by atoms with Crippen molar-refractivity contribution in [1.29, 1.82) is 0 Å². The van der Waals surface area contributed by atoms with E-state index in [4.69, 9.17) is 37.4 Å². The van der Waals surface area contributed by atoms with E-state index in [0.717, 1.165) is 0 Å². The lowest BCUT2D eigenvalue weighted by Gasteiger charge is -2.17. The van der Waals surface area contributed by atoms with E-state index < -0.39 is 30.2 Å². The molecule has 190 valence electrons. The summed E-state index contributed by atoms with van der Waals surface area (Å²) in [7, 11) is 1.53. The van der Waals surface area contributed by atoms with Crippen LogP contribution in [-0.2, 0) is 14.3 Å². The van der Waals surface area contributed by atoms with Gasteiger partial charge in [0.1, 0.15) is 11.5 Å². The number of ether oxygens (including phenoxy) is 3. The second kappa shape index (κ2) is 11.5. The SMILES string of the molecule is COc1cccc(N2CC(C(=O)OCC(=O)c3ccc(OC(=O)c4ccc(Cl)cc4Cl)cc3)CC2=O)c1. The number of carbonyl (C=O) groups excluding carboxylic acids is 4. The average Bonchev–Trinajstić information content (AvgIpc) is 3.29. The summed E-state index contributed by atoms with van der Waals surface area (Å²) in [6.45, 7) is -0.334. The smallest absolute Gasteiger partial charge is 0.345 e. The Balaban J connectivity index is 1.30. The molecule has 3 aromatic carbocycles. The number of ketones is 1. The van der Waals surface area contributed by atoms with Gasteiger partial charge in [-0.15, -0.1) is 0 Å². The van der Waals surface area contributed by atoms with Gasteiger partial charge in [0.2, 0.25) is 5.91 Å². The van der Waals surface area contributed by atoms with Gasteiger partial charge in [0.25, 0.3) is 0 Å². The van der Waals surface area contributed by atoms with Gasteiger partial charge in [0.15, 0.2) is 12.4 Å². The highest BCUT2D eigenvalue weighted by atomic mass is 35.5. The van der Waals surface area contributed by atoms with E-state index in [-0.39, 0.29) is 40.8 Å². The third kappa shape index (κ3) is 6.28. The second-order valence-electron chi connectivity index (χ2n) is 8.18. The van der Waals surface area contributed by atoms with Crippen LogP contribution >= 0.6 is 23.2 Å². The van der Waals surface area contributed by atoms with Crippen molar-refractivity contribution in [3.8, 4) is 11.5 Å². The maximum atomic E-state index is 12.5. The molecule has 4 rings (SSSR count). The lowest BCUT2D eigenvalue weighted by Crippen LogP contribution is -2.27. The zero-order chi connectivity index (χ0) is 26.5. The van der Waals surface area contributed by atoms with Crippen LogP contribution in [0.25, 0.3) is 0 Å². The summed E-state index contributed by atoms with van der Waals surface area (Å²) in [6, 6.07) is 17.2. The number of methoxy groups -OCH3 is 1. The number of halogens is 2. The van der Waals surface area contributed by atoms with Gasteiger partial charge in [-0.1, -0.05) is 29.3 Å². The number of benzene rings is 3. The first-order valence-electron chi connectivity index (χ1n) is 11.2. The fourth-order valence-electron chi connectivity index (χ4n) is 3.76. The quantitative estimate of drug-likeness (QED) is 0.224. The number of esters is 2. The molecule has 1 atom stereocenters. The van der Waals surface area contributed by atoms with Gasteiger partial charge in [0.05, 0.1) is 23.6 Å². The molecule has 0 bridgehead atoms. The molecule has 8 nitrogen and oxygen atoms in total. The Hall–Kier alpha value is -3.88. The highest BCUT2D eigenvalue weighted by molar-refractivity contribution is 6.36. The van der Waals surface area contributed by atoms with Crippen LogP contribution in [0.4, 0.5) is 5.69 Å². The summed E-state index contributed by atoms with van der Waals surface area (Å²) >= 11 is 11.9. The summed E-state index contributed by atoms with van der Waals surface area (Å²) in [5, 5.41) is 0.542. The van der Waals surface area contributed by atoms with Crippen molar-refractivity contribution in [3.05, 3.63) is 87.9 Å². The van der Waals surface area contributed by atoms with Crippen molar-refractivity contribution in [2.75, 3.05) is 25.2 Å². The van der Waals surface area contributed by atoms with Gasteiger partial charge >= 0.3 is 11.9 Å². The van der Waals surface area contributed by atoms with E-state index in [1.54, 1.807) is 24.3 Å². The maximum absolute atomic E-state index is 12.5. The van der Waals surface area contributed by atoms with Crippen LogP contribution < -0.4 is 14.4 Å². The van der Waals surface area contributed by atoms with Gasteiger partial charge in [-0.2, -0.15) is 0 Å². The van der Waals surface area contributed by atoms with Crippen molar-refractivity contribution in [3.63, 3.8) is 0 Å². The first kappa shape index (κ1) is 26.2. The van der Waals surface area contributed by atoms with Gasteiger partial charge in [0, 0.05) is 35.3 Å². The van der Waals surface area contributed by atoms with Crippen LogP contribution in [0.15, 0.2) is 66.7 Å². The van der Waals surface area contributed by atoms with Gasteiger partial charge < -0.3 is 19.1 Å². The van der Waals surface area contributed by atoms with E-state index in [1.807, 2.05) is 0 Å². The number of rotatable bonds is 8. The number of amides is 1. The molecule has 37 heavy (non-hydrogen) atoms. The van der Waals surface area contributed by atoms with Crippen molar-refractivity contribution in [2.45, 2.75) is 6.42 Å². The minimum absolute atomic E-state index is 0.0120. The molecule has 0 spiro atoms. The van der Waals surface area contributed by atoms with E-state index in [0.29, 0.717) is 16.5 Å². The molecule has 1 amide bonds. The molecule has 0 radical (unpaired) electrons. The lowest BCUT2D eigenvalue weighted by atomic mass is 10.1. The Bertz CT molecular complexity index is 1360. The normalized spacial score (nSPS) is 14.8. The standard InChI is InChI=1S/C27H21Cl2NO7/c1-35-21-4-2-3-19(13-21)30-14-17(11-25(30)32)26(33)36-15-24(31)16-5-8-20(9-6-16)37-27(34)22-10-7-18(28)12-23(22)29/h2-10,12-13,17H,11,14-15H2,1H3. The zero-order valence-electron chi connectivity index (χ0n) is 19.6.